The van der Waals surface area contributed by atoms with E-state index in [9.17, 15) is 13.2 Å². The molecule has 19 heavy (non-hydrogen) atoms. The minimum atomic E-state index is -3.48. The first-order valence-electron chi connectivity index (χ1n) is 6.52. The van der Waals surface area contributed by atoms with E-state index in [2.05, 4.69) is 4.72 Å². The quantitative estimate of drug-likeness (QED) is 0.616. The Bertz CT molecular complexity index is 377. The average molecular weight is 294 g/mol. The number of piperidine rings is 1. The van der Waals surface area contributed by atoms with Gasteiger partial charge in [-0.3, -0.25) is 4.79 Å². The molecule has 0 aromatic rings. The fourth-order valence-corrected chi connectivity index (χ4v) is 3.23. The molecule has 0 aromatic heterocycles. The lowest BCUT2D eigenvalue weighted by Gasteiger charge is -2.29. The third-order valence-corrected chi connectivity index (χ3v) is 4.71. The van der Waals surface area contributed by atoms with Gasteiger partial charge in [0.2, 0.25) is 0 Å². The summed E-state index contributed by atoms with van der Waals surface area (Å²) in [5.41, 5.74) is 0. The molecule has 0 aromatic carbocycles. The number of nitrogens with zero attached hydrogens (tertiary/aromatic N) is 1. The fourth-order valence-electron chi connectivity index (χ4n) is 1.95. The number of hydrogen-bond donors (Lipinski definition) is 2. The second-order valence-corrected chi connectivity index (χ2v) is 6.22. The van der Waals surface area contributed by atoms with Crippen LogP contribution < -0.4 is 4.72 Å². The predicted octanol–water partition coefficient (Wildman–Crippen LogP) is 0.0440. The number of carboxylic acids is 1. The lowest BCUT2D eigenvalue weighted by atomic mass is 9.99. The van der Waals surface area contributed by atoms with Gasteiger partial charge in [-0.25, -0.2) is 4.72 Å². The number of nitrogens with one attached hydrogen (secondary N) is 1. The normalized spacial score (nSPS) is 18.6. The molecule has 1 heterocycles. The summed E-state index contributed by atoms with van der Waals surface area (Å²) in [5.74, 6) is -1.27. The minimum absolute atomic E-state index is 0.262. The molecule has 2 N–H and O–H groups in total. The zero-order valence-electron chi connectivity index (χ0n) is 11.2. The molecule has 1 aliphatic heterocycles. The van der Waals surface area contributed by atoms with E-state index in [4.69, 9.17) is 9.84 Å². The number of rotatable bonds is 8. The van der Waals surface area contributed by atoms with Gasteiger partial charge in [0.25, 0.3) is 10.2 Å². The monoisotopic (exact) mass is 294 g/mol. The molecular formula is C11H22N2O5S. The van der Waals surface area contributed by atoms with Crippen molar-refractivity contribution in [1.82, 2.24) is 9.03 Å². The lowest BCUT2D eigenvalue weighted by molar-refractivity contribution is -0.142. The van der Waals surface area contributed by atoms with E-state index in [0.717, 1.165) is 0 Å². The standard InChI is InChI=1S/C11H22N2O5S/c1-2-18-9-3-6-12-19(16,17)13-7-4-10(5-8-13)11(14)15/h10,12H,2-9H2,1H3,(H,14,15). The number of ether oxygens (including phenoxy) is 1. The molecule has 0 saturated carbocycles. The molecule has 0 atom stereocenters. The molecule has 0 amide bonds. The number of hydrogen-bond acceptors (Lipinski definition) is 4. The summed E-state index contributed by atoms with van der Waals surface area (Å²) < 4.78 is 32.8. The largest absolute Gasteiger partial charge is 0.481 e. The zero-order chi connectivity index (χ0) is 14.3. The van der Waals surface area contributed by atoms with Crippen molar-refractivity contribution in [3.05, 3.63) is 0 Å². The molecule has 0 bridgehead atoms. The number of carbonyl (C=O) groups is 1. The van der Waals surface area contributed by atoms with E-state index in [1.54, 1.807) is 0 Å². The van der Waals surface area contributed by atoms with E-state index in [0.29, 0.717) is 39.0 Å². The summed E-state index contributed by atoms with van der Waals surface area (Å²) in [7, 11) is -3.48. The Morgan fingerprint density at radius 2 is 2.05 bits per heavy atom. The highest BCUT2D eigenvalue weighted by Crippen LogP contribution is 2.18. The third-order valence-electron chi connectivity index (χ3n) is 3.10. The van der Waals surface area contributed by atoms with Crippen LogP contribution in [0.15, 0.2) is 0 Å². The molecule has 1 rings (SSSR count). The van der Waals surface area contributed by atoms with Gasteiger partial charge in [0, 0.05) is 32.8 Å². The Morgan fingerprint density at radius 1 is 1.42 bits per heavy atom. The maximum absolute atomic E-state index is 11.9. The predicted molar refractivity (Wildman–Crippen MR) is 70.0 cm³/mol. The summed E-state index contributed by atoms with van der Waals surface area (Å²) in [6, 6.07) is 0. The van der Waals surface area contributed by atoms with Crippen molar-refractivity contribution in [2.75, 3.05) is 32.8 Å². The Balaban J connectivity index is 2.32. The van der Waals surface area contributed by atoms with Crippen LogP contribution in [0.1, 0.15) is 26.2 Å². The Morgan fingerprint density at radius 3 is 2.58 bits per heavy atom. The van der Waals surface area contributed by atoms with Crippen LogP contribution in [0.25, 0.3) is 0 Å². The number of aliphatic carboxylic acids is 1. The number of carboxylic acid groups (broad SMARTS) is 1. The molecular weight excluding hydrogens is 272 g/mol. The molecule has 1 fully saturated rings. The first-order chi connectivity index (χ1) is 8.97. The molecule has 1 aliphatic rings. The zero-order valence-corrected chi connectivity index (χ0v) is 12.0. The van der Waals surface area contributed by atoms with Crippen molar-refractivity contribution in [3.8, 4) is 0 Å². The van der Waals surface area contributed by atoms with Crippen molar-refractivity contribution < 1.29 is 23.1 Å². The van der Waals surface area contributed by atoms with Gasteiger partial charge < -0.3 is 9.84 Å². The van der Waals surface area contributed by atoms with Gasteiger partial charge in [-0.2, -0.15) is 12.7 Å². The average Bonchev–Trinajstić information content (AvgIpc) is 2.38. The van der Waals surface area contributed by atoms with Crippen LogP contribution in [-0.4, -0.2) is 56.6 Å². The third kappa shape index (κ3) is 5.43. The summed E-state index contributed by atoms with van der Waals surface area (Å²) in [5, 5.41) is 8.85. The van der Waals surface area contributed by atoms with Gasteiger partial charge in [0.1, 0.15) is 0 Å². The SMILES string of the molecule is CCOCCCNS(=O)(=O)N1CCC(C(=O)O)CC1. The maximum Gasteiger partial charge on any atom is 0.306 e. The highest BCUT2D eigenvalue weighted by molar-refractivity contribution is 7.87. The van der Waals surface area contributed by atoms with Crippen LogP contribution in [0.2, 0.25) is 0 Å². The molecule has 0 radical (unpaired) electrons. The molecule has 8 heteroatoms. The smallest absolute Gasteiger partial charge is 0.306 e. The summed E-state index contributed by atoms with van der Waals surface area (Å²) in [6.07, 6.45) is 1.36. The van der Waals surface area contributed by atoms with Crippen LogP contribution in [0.3, 0.4) is 0 Å². The second kappa shape index (κ2) is 7.78. The van der Waals surface area contributed by atoms with Gasteiger partial charge >= 0.3 is 5.97 Å². The highest BCUT2D eigenvalue weighted by atomic mass is 32.2. The molecule has 1 saturated heterocycles. The van der Waals surface area contributed by atoms with Crippen LogP contribution in [0.4, 0.5) is 0 Å². The Labute approximate surface area is 114 Å². The Hall–Kier alpha value is -0.700. The van der Waals surface area contributed by atoms with E-state index in [1.165, 1.54) is 4.31 Å². The minimum Gasteiger partial charge on any atom is -0.481 e. The van der Waals surface area contributed by atoms with Gasteiger partial charge in [0.15, 0.2) is 0 Å². The van der Waals surface area contributed by atoms with Gasteiger partial charge in [-0.15, -0.1) is 0 Å². The van der Waals surface area contributed by atoms with Gasteiger partial charge in [-0.1, -0.05) is 0 Å². The van der Waals surface area contributed by atoms with Gasteiger partial charge in [-0.05, 0) is 26.2 Å². The summed E-state index contributed by atoms with van der Waals surface area (Å²) >= 11 is 0. The van der Waals surface area contributed by atoms with Gasteiger partial charge in [0.05, 0.1) is 5.92 Å². The summed E-state index contributed by atoms with van der Waals surface area (Å²) in [6.45, 7) is 3.89. The molecule has 0 spiro atoms. The topological polar surface area (TPSA) is 95.9 Å². The van der Waals surface area contributed by atoms with Crippen molar-refractivity contribution in [1.29, 1.82) is 0 Å². The van der Waals surface area contributed by atoms with Crippen LogP contribution >= 0.6 is 0 Å². The first kappa shape index (κ1) is 16.4. The van der Waals surface area contributed by atoms with Crippen molar-refractivity contribution in [2.24, 2.45) is 5.92 Å². The molecule has 7 nitrogen and oxygen atoms in total. The van der Waals surface area contributed by atoms with Crippen molar-refractivity contribution in [2.45, 2.75) is 26.2 Å². The molecule has 0 aliphatic carbocycles. The van der Waals surface area contributed by atoms with E-state index < -0.39 is 22.1 Å². The highest BCUT2D eigenvalue weighted by Gasteiger charge is 2.30. The lowest BCUT2D eigenvalue weighted by Crippen LogP contribution is -2.46. The van der Waals surface area contributed by atoms with Crippen molar-refractivity contribution in [3.63, 3.8) is 0 Å². The van der Waals surface area contributed by atoms with E-state index >= 15 is 0 Å². The second-order valence-electron chi connectivity index (χ2n) is 4.46. The van der Waals surface area contributed by atoms with Crippen LogP contribution in [0, 0.1) is 5.92 Å². The maximum atomic E-state index is 11.9. The van der Waals surface area contributed by atoms with Crippen LogP contribution in [-0.2, 0) is 19.7 Å². The molecule has 112 valence electrons. The fraction of sp³-hybridized carbons (Fsp3) is 0.909. The summed E-state index contributed by atoms with van der Waals surface area (Å²) in [4.78, 5) is 10.8. The van der Waals surface area contributed by atoms with Crippen molar-refractivity contribution >= 4 is 16.2 Å². The Kier molecular flexibility index (Phi) is 6.70. The molecule has 0 unspecified atom stereocenters. The first-order valence-corrected chi connectivity index (χ1v) is 7.96. The van der Waals surface area contributed by atoms with E-state index in [1.807, 2.05) is 6.92 Å². The van der Waals surface area contributed by atoms with E-state index in [-0.39, 0.29) is 13.1 Å². The van der Waals surface area contributed by atoms with Crippen LogP contribution in [0.5, 0.6) is 0 Å².